The number of hydrogen-bond donors (Lipinski definition) is 1. The standard InChI is InChI=1S/C22H19BrN2/c23-20-14-12-18(13-15-20)21(16-11-17-7-3-1-4-8-17)25-22(24)19-9-5-2-6-10-19/h1-10,12-16H,11H2,(H2,24,25)/b21-16-. The van der Waals surface area contributed by atoms with Crippen molar-refractivity contribution in [3.8, 4) is 0 Å². The van der Waals surface area contributed by atoms with Gasteiger partial charge < -0.3 is 5.73 Å². The molecule has 0 aliphatic carbocycles. The Morgan fingerprint density at radius 1 is 0.800 bits per heavy atom. The van der Waals surface area contributed by atoms with Gasteiger partial charge in [0.1, 0.15) is 5.84 Å². The lowest BCUT2D eigenvalue weighted by Crippen LogP contribution is -2.13. The zero-order chi connectivity index (χ0) is 17.5. The van der Waals surface area contributed by atoms with Crippen molar-refractivity contribution in [2.75, 3.05) is 0 Å². The van der Waals surface area contributed by atoms with Crippen molar-refractivity contribution in [2.45, 2.75) is 6.42 Å². The van der Waals surface area contributed by atoms with Crippen molar-refractivity contribution in [3.05, 3.63) is 112 Å². The Kier molecular flexibility index (Phi) is 5.81. The predicted molar refractivity (Wildman–Crippen MR) is 109 cm³/mol. The molecule has 0 spiro atoms. The van der Waals surface area contributed by atoms with Crippen LogP contribution < -0.4 is 5.73 Å². The Labute approximate surface area is 156 Å². The zero-order valence-electron chi connectivity index (χ0n) is 13.8. The van der Waals surface area contributed by atoms with Gasteiger partial charge in [0.25, 0.3) is 0 Å². The first kappa shape index (κ1) is 17.2. The van der Waals surface area contributed by atoms with E-state index >= 15 is 0 Å². The first-order chi connectivity index (χ1) is 12.2. The number of allylic oxidation sites excluding steroid dienone is 1. The van der Waals surface area contributed by atoms with Crippen molar-refractivity contribution in [2.24, 2.45) is 10.7 Å². The molecule has 124 valence electrons. The molecule has 0 amide bonds. The summed E-state index contributed by atoms with van der Waals surface area (Å²) in [6.45, 7) is 0. The topological polar surface area (TPSA) is 38.4 Å². The molecular formula is C22H19BrN2. The lowest BCUT2D eigenvalue weighted by Gasteiger charge is -2.07. The first-order valence-corrected chi connectivity index (χ1v) is 8.91. The van der Waals surface area contributed by atoms with E-state index in [1.807, 2.05) is 72.8 Å². The molecule has 0 radical (unpaired) electrons. The highest BCUT2D eigenvalue weighted by Gasteiger charge is 2.04. The molecule has 0 heterocycles. The van der Waals surface area contributed by atoms with Crippen LogP contribution in [0.3, 0.4) is 0 Å². The van der Waals surface area contributed by atoms with E-state index in [1.54, 1.807) is 0 Å². The molecule has 2 N–H and O–H groups in total. The van der Waals surface area contributed by atoms with Crippen molar-refractivity contribution < 1.29 is 0 Å². The van der Waals surface area contributed by atoms with E-state index in [2.05, 4.69) is 34.1 Å². The normalized spacial score (nSPS) is 12.2. The summed E-state index contributed by atoms with van der Waals surface area (Å²) in [5.74, 6) is 0.517. The largest absolute Gasteiger partial charge is 0.383 e. The summed E-state index contributed by atoms with van der Waals surface area (Å²) in [7, 11) is 0. The lowest BCUT2D eigenvalue weighted by atomic mass is 10.1. The summed E-state index contributed by atoms with van der Waals surface area (Å²) in [5.41, 5.74) is 10.3. The van der Waals surface area contributed by atoms with Crippen LogP contribution in [-0.2, 0) is 6.42 Å². The summed E-state index contributed by atoms with van der Waals surface area (Å²) >= 11 is 3.48. The summed E-state index contributed by atoms with van der Waals surface area (Å²) in [4.78, 5) is 4.70. The Bertz CT molecular complexity index is 867. The van der Waals surface area contributed by atoms with Crippen molar-refractivity contribution in [1.82, 2.24) is 0 Å². The van der Waals surface area contributed by atoms with Crippen LogP contribution in [0.15, 0.2) is 100 Å². The van der Waals surface area contributed by atoms with E-state index in [0.717, 1.165) is 27.7 Å². The molecule has 0 unspecified atom stereocenters. The smallest absolute Gasteiger partial charge is 0.131 e. The zero-order valence-corrected chi connectivity index (χ0v) is 15.4. The Balaban J connectivity index is 1.95. The van der Waals surface area contributed by atoms with Gasteiger partial charge in [-0.3, -0.25) is 0 Å². The molecule has 0 atom stereocenters. The average Bonchev–Trinajstić information content (AvgIpc) is 2.67. The summed E-state index contributed by atoms with van der Waals surface area (Å²) in [5, 5.41) is 0. The van der Waals surface area contributed by atoms with Gasteiger partial charge in [-0.25, -0.2) is 4.99 Å². The maximum absolute atomic E-state index is 6.23. The van der Waals surface area contributed by atoms with Gasteiger partial charge in [-0.2, -0.15) is 0 Å². The van der Waals surface area contributed by atoms with Crippen LogP contribution in [0.5, 0.6) is 0 Å². The summed E-state index contributed by atoms with van der Waals surface area (Å²) in [6.07, 6.45) is 2.92. The molecule has 0 saturated carbocycles. The average molecular weight is 391 g/mol. The maximum Gasteiger partial charge on any atom is 0.131 e. The number of aliphatic imine (C=N–C) groups is 1. The quantitative estimate of drug-likeness (QED) is 0.457. The highest BCUT2D eigenvalue weighted by molar-refractivity contribution is 9.10. The van der Waals surface area contributed by atoms with Gasteiger partial charge in [0.2, 0.25) is 0 Å². The Morgan fingerprint density at radius 2 is 1.40 bits per heavy atom. The molecule has 0 aliphatic rings. The van der Waals surface area contributed by atoms with E-state index in [1.165, 1.54) is 5.56 Å². The number of nitrogens with zero attached hydrogens (tertiary/aromatic N) is 1. The van der Waals surface area contributed by atoms with Crippen LogP contribution in [-0.4, -0.2) is 5.84 Å². The van der Waals surface area contributed by atoms with Crippen LogP contribution in [0.2, 0.25) is 0 Å². The van der Waals surface area contributed by atoms with Gasteiger partial charge >= 0.3 is 0 Å². The third kappa shape index (κ3) is 4.91. The molecule has 0 saturated heterocycles. The van der Waals surface area contributed by atoms with Gasteiger partial charge in [0, 0.05) is 10.0 Å². The number of benzene rings is 3. The molecular weight excluding hydrogens is 372 g/mol. The van der Waals surface area contributed by atoms with Crippen LogP contribution in [0.25, 0.3) is 5.70 Å². The minimum atomic E-state index is 0.517. The number of amidine groups is 1. The fourth-order valence-electron chi connectivity index (χ4n) is 2.48. The second-order valence-corrected chi connectivity index (χ2v) is 6.56. The minimum Gasteiger partial charge on any atom is -0.383 e. The van der Waals surface area contributed by atoms with Crippen LogP contribution in [0.1, 0.15) is 16.7 Å². The van der Waals surface area contributed by atoms with Crippen molar-refractivity contribution in [1.29, 1.82) is 0 Å². The third-order valence-corrected chi connectivity index (χ3v) is 4.35. The molecule has 0 aromatic heterocycles. The van der Waals surface area contributed by atoms with Gasteiger partial charge in [0.05, 0.1) is 5.70 Å². The monoisotopic (exact) mass is 390 g/mol. The maximum atomic E-state index is 6.23. The van der Waals surface area contributed by atoms with E-state index in [-0.39, 0.29) is 0 Å². The van der Waals surface area contributed by atoms with Gasteiger partial charge in [0.15, 0.2) is 0 Å². The molecule has 3 aromatic carbocycles. The summed E-state index contributed by atoms with van der Waals surface area (Å²) in [6, 6.07) is 28.3. The molecule has 0 aliphatic heterocycles. The number of nitrogens with two attached hydrogens (primary N) is 1. The molecule has 2 nitrogen and oxygen atoms in total. The van der Waals surface area contributed by atoms with Gasteiger partial charge in [-0.05, 0) is 29.7 Å². The Morgan fingerprint density at radius 3 is 2.04 bits per heavy atom. The highest BCUT2D eigenvalue weighted by Crippen LogP contribution is 2.21. The molecule has 0 fully saturated rings. The second kappa shape index (κ2) is 8.45. The van der Waals surface area contributed by atoms with Gasteiger partial charge in [-0.1, -0.05) is 94.8 Å². The molecule has 3 aromatic rings. The summed E-state index contributed by atoms with van der Waals surface area (Å²) < 4.78 is 1.04. The van der Waals surface area contributed by atoms with E-state index in [4.69, 9.17) is 10.7 Å². The lowest BCUT2D eigenvalue weighted by molar-refractivity contribution is 1.26. The SMILES string of the molecule is N/C(=N\C(=C/Cc1ccccc1)c1ccc(Br)cc1)c1ccccc1. The van der Waals surface area contributed by atoms with Gasteiger partial charge in [-0.15, -0.1) is 0 Å². The number of halogens is 1. The fraction of sp³-hybridized carbons (Fsp3) is 0.0455. The fourth-order valence-corrected chi connectivity index (χ4v) is 2.74. The van der Waals surface area contributed by atoms with E-state index < -0.39 is 0 Å². The molecule has 25 heavy (non-hydrogen) atoms. The molecule has 0 bridgehead atoms. The predicted octanol–water partition coefficient (Wildman–Crippen LogP) is 5.44. The Hall–Kier alpha value is -2.65. The number of rotatable bonds is 5. The van der Waals surface area contributed by atoms with E-state index in [9.17, 15) is 0 Å². The third-order valence-electron chi connectivity index (χ3n) is 3.82. The van der Waals surface area contributed by atoms with Crippen LogP contribution in [0, 0.1) is 0 Å². The second-order valence-electron chi connectivity index (χ2n) is 5.65. The van der Waals surface area contributed by atoms with Crippen molar-refractivity contribution >= 4 is 27.5 Å². The minimum absolute atomic E-state index is 0.517. The van der Waals surface area contributed by atoms with Crippen LogP contribution in [0.4, 0.5) is 0 Å². The molecule has 3 heteroatoms. The molecule has 3 rings (SSSR count). The number of hydrogen-bond acceptors (Lipinski definition) is 1. The highest BCUT2D eigenvalue weighted by atomic mass is 79.9. The van der Waals surface area contributed by atoms with Crippen LogP contribution >= 0.6 is 15.9 Å². The first-order valence-electron chi connectivity index (χ1n) is 8.12. The van der Waals surface area contributed by atoms with E-state index in [0.29, 0.717) is 5.84 Å². The van der Waals surface area contributed by atoms with Crippen molar-refractivity contribution in [3.63, 3.8) is 0 Å².